The van der Waals surface area contributed by atoms with E-state index in [4.69, 9.17) is 0 Å². The average Bonchev–Trinajstić information content (AvgIpc) is 3.41. The fourth-order valence-electron chi connectivity index (χ4n) is 4.59. The summed E-state index contributed by atoms with van der Waals surface area (Å²) in [5.74, 6) is -0.745. The van der Waals surface area contributed by atoms with Crippen molar-refractivity contribution in [2.24, 2.45) is 0 Å². The zero-order valence-electron chi connectivity index (χ0n) is 18.5. The smallest absolute Gasteiger partial charge is 0.325 e. The molecular weight excluding hydrogens is 404 g/mol. The van der Waals surface area contributed by atoms with E-state index in [0.29, 0.717) is 13.0 Å². The van der Waals surface area contributed by atoms with Crippen LogP contribution in [0.5, 0.6) is 0 Å². The number of urea groups is 1. The molecule has 0 radical (unpaired) electrons. The van der Waals surface area contributed by atoms with E-state index >= 15 is 0 Å². The standard InChI is InChI=1S/C25H30N4O3/c1-2-25(21-12-4-3-5-13-21)23(31)29(24(32)27-25)18-22(30)26-16-19-10-6-7-11-20(19)17-28-14-8-9-15-28/h3-7,10-13H,2,8-9,14-18H2,1H3,(H,26,30)(H,27,32). The summed E-state index contributed by atoms with van der Waals surface area (Å²) in [6.07, 6.45) is 2.86. The Morgan fingerprint density at radius 1 is 1.00 bits per heavy atom. The van der Waals surface area contributed by atoms with E-state index in [0.717, 1.165) is 35.7 Å². The van der Waals surface area contributed by atoms with Crippen LogP contribution in [-0.2, 0) is 28.2 Å². The van der Waals surface area contributed by atoms with Gasteiger partial charge in [-0.1, -0.05) is 61.5 Å². The van der Waals surface area contributed by atoms with Gasteiger partial charge in [0.25, 0.3) is 5.91 Å². The van der Waals surface area contributed by atoms with Gasteiger partial charge in [0.2, 0.25) is 5.91 Å². The number of benzene rings is 2. The number of hydrogen-bond acceptors (Lipinski definition) is 4. The second-order valence-electron chi connectivity index (χ2n) is 8.48. The molecule has 32 heavy (non-hydrogen) atoms. The third-order valence-electron chi connectivity index (χ3n) is 6.46. The minimum atomic E-state index is -1.12. The Balaban J connectivity index is 1.40. The maximum absolute atomic E-state index is 13.2. The van der Waals surface area contributed by atoms with Crippen molar-refractivity contribution in [3.05, 3.63) is 71.3 Å². The molecule has 0 spiro atoms. The summed E-state index contributed by atoms with van der Waals surface area (Å²) in [5.41, 5.74) is 1.84. The number of likely N-dealkylation sites (tertiary alicyclic amines) is 1. The molecule has 168 valence electrons. The van der Waals surface area contributed by atoms with Gasteiger partial charge in [0.05, 0.1) is 0 Å². The van der Waals surface area contributed by atoms with Crippen LogP contribution in [0, 0.1) is 0 Å². The van der Waals surface area contributed by atoms with Crippen LogP contribution in [0.2, 0.25) is 0 Å². The van der Waals surface area contributed by atoms with E-state index in [-0.39, 0.29) is 18.4 Å². The van der Waals surface area contributed by atoms with Crippen LogP contribution in [0.25, 0.3) is 0 Å². The molecule has 1 unspecified atom stereocenters. The first-order valence-electron chi connectivity index (χ1n) is 11.3. The van der Waals surface area contributed by atoms with Gasteiger partial charge in [-0.3, -0.25) is 19.4 Å². The minimum absolute atomic E-state index is 0.298. The van der Waals surface area contributed by atoms with Gasteiger partial charge in [-0.25, -0.2) is 4.79 Å². The van der Waals surface area contributed by atoms with Gasteiger partial charge in [-0.05, 0) is 49.0 Å². The third kappa shape index (κ3) is 4.39. The lowest BCUT2D eigenvalue weighted by Crippen LogP contribution is -2.44. The van der Waals surface area contributed by atoms with Gasteiger partial charge in [-0.2, -0.15) is 0 Å². The van der Waals surface area contributed by atoms with Gasteiger partial charge < -0.3 is 10.6 Å². The molecule has 2 aliphatic heterocycles. The fourth-order valence-corrected chi connectivity index (χ4v) is 4.59. The second-order valence-corrected chi connectivity index (χ2v) is 8.48. The van der Waals surface area contributed by atoms with Crippen molar-refractivity contribution in [1.82, 2.24) is 20.4 Å². The first-order valence-corrected chi connectivity index (χ1v) is 11.3. The lowest BCUT2D eigenvalue weighted by molar-refractivity contribution is -0.135. The second kappa shape index (κ2) is 9.53. The average molecular weight is 435 g/mol. The summed E-state index contributed by atoms with van der Waals surface area (Å²) < 4.78 is 0. The maximum Gasteiger partial charge on any atom is 0.325 e. The van der Waals surface area contributed by atoms with Gasteiger partial charge in [0.15, 0.2) is 0 Å². The molecule has 2 saturated heterocycles. The highest BCUT2D eigenvalue weighted by Crippen LogP contribution is 2.32. The number of nitrogens with zero attached hydrogens (tertiary/aromatic N) is 2. The number of hydrogen-bond donors (Lipinski definition) is 2. The minimum Gasteiger partial charge on any atom is -0.350 e. The molecule has 1 atom stereocenters. The van der Waals surface area contributed by atoms with Crippen LogP contribution in [0.15, 0.2) is 54.6 Å². The van der Waals surface area contributed by atoms with E-state index in [2.05, 4.69) is 21.6 Å². The molecule has 7 nitrogen and oxygen atoms in total. The van der Waals surface area contributed by atoms with Crippen LogP contribution in [-0.4, -0.2) is 47.3 Å². The van der Waals surface area contributed by atoms with Crippen molar-refractivity contribution in [3.8, 4) is 0 Å². The van der Waals surface area contributed by atoms with Gasteiger partial charge in [0.1, 0.15) is 12.1 Å². The fraction of sp³-hybridized carbons (Fsp3) is 0.400. The number of nitrogens with one attached hydrogen (secondary N) is 2. The number of carbonyl (C=O) groups is 3. The van der Waals surface area contributed by atoms with E-state index in [1.165, 1.54) is 18.4 Å². The molecule has 2 aromatic rings. The summed E-state index contributed by atoms with van der Waals surface area (Å²) in [6, 6.07) is 16.7. The van der Waals surface area contributed by atoms with Crippen LogP contribution < -0.4 is 10.6 Å². The van der Waals surface area contributed by atoms with Crippen molar-refractivity contribution in [2.75, 3.05) is 19.6 Å². The van der Waals surface area contributed by atoms with Crippen molar-refractivity contribution >= 4 is 17.8 Å². The number of imide groups is 1. The Bertz CT molecular complexity index is 988. The highest BCUT2D eigenvalue weighted by atomic mass is 16.2. The lowest BCUT2D eigenvalue weighted by Gasteiger charge is -2.25. The first kappa shape index (κ1) is 22.0. The Kier molecular flexibility index (Phi) is 6.55. The molecule has 4 rings (SSSR count). The van der Waals surface area contributed by atoms with Crippen molar-refractivity contribution in [2.45, 2.75) is 44.8 Å². The van der Waals surface area contributed by atoms with Gasteiger partial charge in [0, 0.05) is 13.1 Å². The Hall–Kier alpha value is -3.19. The molecule has 0 bridgehead atoms. The maximum atomic E-state index is 13.2. The van der Waals surface area contributed by atoms with Gasteiger partial charge >= 0.3 is 6.03 Å². The highest BCUT2D eigenvalue weighted by molar-refractivity contribution is 6.09. The molecule has 4 amide bonds. The first-order chi connectivity index (χ1) is 15.5. The summed E-state index contributed by atoms with van der Waals surface area (Å²) >= 11 is 0. The predicted octanol–water partition coefficient (Wildman–Crippen LogP) is 2.76. The van der Waals surface area contributed by atoms with Crippen LogP contribution in [0.4, 0.5) is 4.79 Å². The quantitative estimate of drug-likeness (QED) is 0.626. The molecule has 2 aromatic carbocycles. The predicted molar refractivity (Wildman–Crippen MR) is 121 cm³/mol. The SMILES string of the molecule is CCC1(c2ccccc2)NC(=O)N(CC(=O)NCc2ccccc2CN2CCCC2)C1=O. The zero-order chi connectivity index (χ0) is 22.6. The highest BCUT2D eigenvalue weighted by Gasteiger charge is 2.51. The van der Waals surface area contributed by atoms with Crippen LogP contribution in [0.1, 0.15) is 42.9 Å². The summed E-state index contributed by atoms with van der Waals surface area (Å²) in [4.78, 5) is 41.9. The lowest BCUT2D eigenvalue weighted by atomic mass is 9.87. The molecule has 2 fully saturated rings. The van der Waals surface area contributed by atoms with E-state index in [1.54, 1.807) is 0 Å². The summed E-state index contributed by atoms with van der Waals surface area (Å²) in [5, 5.41) is 5.70. The molecular formula is C25H30N4O3. The van der Waals surface area contributed by atoms with Crippen LogP contribution in [0.3, 0.4) is 0 Å². The summed E-state index contributed by atoms with van der Waals surface area (Å²) in [6.45, 7) is 5.00. The number of rotatable bonds is 8. The van der Waals surface area contributed by atoms with Crippen molar-refractivity contribution in [3.63, 3.8) is 0 Å². The number of carbonyl (C=O) groups excluding carboxylic acids is 3. The molecule has 0 aliphatic carbocycles. The van der Waals surface area contributed by atoms with E-state index in [9.17, 15) is 14.4 Å². The normalized spacial score (nSPS) is 21.1. The molecule has 0 aromatic heterocycles. The topological polar surface area (TPSA) is 81.8 Å². The van der Waals surface area contributed by atoms with E-state index < -0.39 is 11.6 Å². The Labute approximate surface area is 188 Å². The van der Waals surface area contributed by atoms with Crippen LogP contribution >= 0.6 is 0 Å². The monoisotopic (exact) mass is 434 g/mol. The van der Waals surface area contributed by atoms with E-state index in [1.807, 2.05) is 55.5 Å². The number of amides is 4. The molecule has 2 aliphatic rings. The molecule has 2 N–H and O–H groups in total. The summed E-state index contributed by atoms with van der Waals surface area (Å²) in [7, 11) is 0. The molecule has 0 saturated carbocycles. The Morgan fingerprint density at radius 2 is 1.66 bits per heavy atom. The third-order valence-corrected chi connectivity index (χ3v) is 6.46. The van der Waals surface area contributed by atoms with Crippen molar-refractivity contribution < 1.29 is 14.4 Å². The zero-order valence-corrected chi connectivity index (χ0v) is 18.5. The largest absolute Gasteiger partial charge is 0.350 e. The molecule has 7 heteroatoms. The Morgan fingerprint density at radius 3 is 2.34 bits per heavy atom. The molecule has 2 heterocycles. The van der Waals surface area contributed by atoms with Crippen molar-refractivity contribution in [1.29, 1.82) is 0 Å². The van der Waals surface area contributed by atoms with Gasteiger partial charge in [-0.15, -0.1) is 0 Å².